The summed E-state index contributed by atoms with van der Waals surface area (Å²) in [7, 11) is 0. The summed E-state index contributed by atoms with van der Waals surface area (Å²) in [5, 5.41) is 0. The molecule has 0 heteroatoms. The molecule has 0 spiro atoms. The van der Waals surface area contributed by atoms with E-state index in [1.54, 1.807) is 11.1 Å². The molecule has 0 saturated heterocycles. The van der Waals surface area contributed by atoms with Crippen molar-refractivity contribution in [2.45, 2.75) is 33.1 Å². The van der Waals surface area contributed by atoms with Gasteiger partial charge in [0.15, 0.2) is 0 Å². The van der Waals surface area contributed by atoms with E-state index in [2.05, 4.69) is 39.0 Å². The van der Waals surface area contributed by atoms with Crippen LogP contribution in [0.2, 0.25) is 0 Å². The van der Waals surface area contributed by atoms with Crippen LogP contribution < -0.4 is 0 Å². The van der Waals surface area contributed by atoms with E-state index < -0.39 is 0 Å². The lowest BCUT2D eigenvalue weighted by Crippen LogP contribution is -1.98. The zero-order valence-corrected chi connectivity index (χ0v) is 8.09. The van der Waals surface area contributed by atoms with E-state index in [0.717, 1.165) is 11.8 Å². The van der Waals surface area contributed by atoms with Crippen LogP contribution in [0.5, 0.6) is 0 Å². The minimum Gasteiger partial charge on any atom is -0.0617 e. The highest BCUT2D eigenvalue weighted by atomic mass is 14.3. The molecule has 64 valence electrons. The van der Waals surface area contributed by atoms with Crippen molar-refractivity contribution < 1.29 is 0 Å². The lowest BCUT2D eigenvalue weighted by Gasteiger charge is -2.11. The van der Waals surface area contributed by atoms with Crippen molar-refractivity contribution in [2.24, 2.45) is 5.92 Å². The van der Waals surface area contributed by atoms with E-state index in [1.807, 2.05) is 0 Å². The van der Waals surface area contributed by atoms with Crippen LogP contribution >= 0.6 is 0 Å². The summed E-state index contributed by atoms with van der Waals surface area (Å²) in [4.78, 5) is 0. The largest absolute Gasteiger partial charge is 0.0617 e. The summed E-state index contributed by atoms with van der Waals surface area (Å²) < 4.78 is 0. The molecule has 0 aromatic heterocycles. The first-order valence-electron chi connectivity index (χ1n) is 4.78. The van der Waals surface area contributed by atoms with Crippen LogP contribution in [0.1, 0.15) is 36.5 Å². The first-order valence-corrected chi connectivity index (χ1v) is 4.78. The average molecular weight is 160 g/mol. The third kappa shape index (κ3) is 0.979. The molecule has 0 aliphatic heterocycles. The van der Waals surface area contributed by atoms with Gasteiger partial charge in [-0.2, -0.15) is 0 Å². The Morgan fingerprint density at radius 3 is 2.67 bits per heavy atom. The molecule has 0 fully saturated rings. The van der Waals surface area contributed by atoms with E-state index in [9.17, 15) is 0 Å². The van der Waals surface area contributed by atoms with Gasteiger partial charge in [0.05, 0.1) is 0 Å². The smallest absolute Gasteiger partial charge is 0.0156 e. The topological polar surface area (TPSA) is 0 Å². The van der Waals surface area contributed by atoms with Crippen LogP contribution in [-0.2, 0) is 6.42 Å². The van der Waals surface area contributed by atoms with Crippen molar-refractivity contribution in [3.05, 3.63) is 34.9 Å². The van der Waals surface area contributed by atoms with E-state index >= 15 is 0 Å². The molecule has 2 atom stereocenters. The van der Waals surface area contributed by atoms with Crippen LogP contribution in [-0.4, -0.2) is 0 Å². The number of benzene rings is 1. The Morgan fingerprint density at radius 1 is 1.25 bits per heavy atom. The number of hydrogen-bond acceptors (Lipinski definition) is 0. The van der Waals surface area contributed by atoms with Crippen molar-refractivity contribution in [3.8, 4) is 0 Å². The maximum Gasteiger partial charge on any atom is -0.0156 e. The molecular formula is C12H16. The molecule has 0 N–H and O–H groups in total. The highest BCUT2D eigenvalue weighted by molar-refractivity contribution is 5.41. The van der Waals surface area contributed by atoms with Gasteiger partial charge in [-0.3, -0.25) is 0 Å². The van der Waals surface area contributed by atoms with Gasteiger partial charge in [-0.05, 0) is 41.9 Å². The number of aryl methyl sites for hydroxylation is 1. The van der Waals surface area contributed by atoms with Crippen molar-refractivity contribution in [1.82, 2.24) is 0 Å². The molecule has 0 nitrogen and oxygen atoms in total. The minimum absolute atomic E-state index is 0.765. The Bertz CT molecular complexity index is 299. The summed E-state index contributed by atoms with van der Waals surface area (Å²) in [6, 6.07) is 6.69. The van der Waals surface area contributed by atoms with E-state index in [1.165, 1.54) is 12.0 Å². The first kappa shape index (κ1) is 7.85. The van der Waals surface area contributed by atoms with Crippen LogP contribution in [0.3, 0.4) is 0 Å². The van der Waals surface area contributed by atoms with Crippen LogP contribution in [0.25, 0.3) is 0 Å². The molecule has 0 heterocycles. The van der Waals surface area contributed by atoms with Gasteiger partial charge in [0.25, 0.3) is 0 Å². The number of fused-ring (bicyclic) bond motifs is 1. The second kappa shape index (κ2) is 2.62. The molecule has 0 amide bonds. The highest BCUT2D eigenvalue weighted by Crippen LogP contribution is 2.38. The van der Waals surface area contributed by atoms with E-state index in [4.69, 9.17) is 0 Å². The van der Waals surface area contributed by atoms with Crippen molar-refractivity contribution in [2.75, 3.05) is 0 Å². The normalized spacial score (nSPS) is 27.2. The van der Waals surface area contributed by atoms with Gasteiger partial charge in [0.1, 0.15) is 0 Å². The predicted molar refractivity (Wildman–Crippen MR) is 52.5 cm³/mol. The number of rotatable bonds is 0. The van der Waals surface area contributed by atoms with Gasteiger partial charge in [0, 0.05) is 0 Å². The predicted octanol–water partition coefficient (Wildman–Crippen LogP) is 3.29. The Morgan fingerprint density at radius 2 is 2.00 bits per heavy atom. The zero-order chi connectivity index (χ0) is 8.72. The second-order valence-corrected chi connectivity index (χ2v) is 4.12. The van der Waals surface area contributed by atoms with Crippen LogP contribution in [0.4, 0.5) is 0 Å². The van der Waals surface area contributed by atoms with Crippen molar-refractivity contribution in [3.63, 3.8) is 0 Å². The maximum atomic E-state index is 2.35. The fourth-order valence-corrected chi connectivity index (χ4v) is 2.38. The SMILES string of the molecule is Cc1cccc2c1C(C)C(C)C2. The minimum atomic E-state index is 0.765. The zero-order valence-electron chi connectivity index (χ0n) is 8.09. The molecule has 0 saturated carbocycles. The third-order valence-corrected chi connectivity index (χ3v) is 3.27. The summed E-state index contributed by atoms with van der Waals surface area (Å²) >= 11 is 0. The molecule has 12 heavy (non-hydrogen) atoms. The fourth-order valence-electron chi connectivity index (χ4n) is 2.38. The highest BCUT2D eigenvalue weighted by Gasteiger charge is 2.26. The first-order chi connectivity index (χ1) is 5.70. The standard InChI is InChI=1S/C12H16/c1-8-5-4-6-11-7-9(2)10(3)12(8)11/h4-6,9-10H,7H2,1-3H3. The van der Waals surface area contributed by atoms with Crippen molar-refractivity contribution in [1.29, 1.82) is 0 Å². The third-order valence-electron chi connectivity index (χ3n) is 3.27. The average Bonchev–Trinajstić information content (AvgIpc) is 2.29. The summed E-state index contributed by atoms with van der Waals surface area (Å²) in [6.45, 7) is 6.93. The van der Waals surface area contributed by atoms with Gasteiger partial charge in [-0.15, -0.1) is 0 Å². The molecule has 1 aromatic carbocycles. The lowest BCUT2D eigenvalue weighted by molar-refractivity contribution is 0.531. The summed E-state index contributed by atoms with van der Waals surface area (Å²) in [5.41, 5.74) is 4.67. The molecule has 0 bridgehead atoms. The molecule has 2 unspecified atom stereocenters. The summed E-state index contributed by atoms with van der Waals surface area (Å²) in [5.74, 6) is 1.60. The quantitative estimate of drug-likeness (QED) is 0.546. The van der Waals surface area contributed by atoms with E-state index in [0.29, 0.717) is 0 Å². The maximum absolute atomic E-state index is 2.35. The molecule has 0 radical (unpaired) electrons. The van der Waals surface area contributed by atoms with Gasteiger partial charge in [-0.1, -0.05) is 32.0 Å². The Kier molecular flexibility index (Phi) is 1.71. The molecular weight excluding hydrogens is 144 g/mol. The monoisotopic (exact) mass is 160 g/mol. The molecule has 1 aromatic rings. The number of hydrogen-bond donors (Lipinski definition) is 0. The van der Waals surface area contributed by atoms with Gasteiger partial charge >= 0.3 is 0 Å². The fraction of sp³-hybridized carbons (Fsp3) is 0.500. The van der Waals surface area contributed by atoms with Crippen LogP contribution in [0.15, 0.2) is 18.2 Å². The van der Waals surface area contributed by atoms with Gasteiger partial charge < -0.3 is 0 Å². The summed E-state index contributed by atoms with van der Waals surface area (Å²) in [6.07, 6.45) is 1.28. The van der Waals surface area contributed by atoms with Crippen LogP contribution in [0, 0.1) is 12.8 Å². The molecule has 1 aliphatic rings. The van der Waals surface area contributed by atoms with Gasteiger partial charge in [-0.25, -0.2) is 0 Å². The van der Waals surface area contributed by atoms with Gasteiger partial charge in [0.2, 0.25) is 0 Å². The molecule has 2 rings (SSSR count). The Balaban J connectivity index is 2.55. The second-order valence-electron chi connectivity index (χ2n) is 4.12. The van der Waals surface area contributed by atoms with E-state index in [-0.39, 0.29) is 0 Å². The Labute approximate surface area is 74.6 Å². The molecule has 1 aliphatic carbocycles. The Hall–Kier alpha value is -0.780. The lowest BCUT2D eigenvalue weighted by atomic mass is 9.94. The van der Waals surface area contributed by atoms with Crippen molar-refractivity contribution >= 4 is 0 Å².